The number of nitrogens with one attached hydrogen (secondary N) is 1. The number of amides is 1. The zero-order valence-electron chi connectivity index (χ0n) is 13.3. The van der Waals surface area contributed by atoms with E-state index >= 15 is 0 Å². The molecule has 1 saturated carbocycles. The van der Waals surface area contributed by atoms with Gasteiger partial charge in [0.1, 0.15) is 6.04 Å². The molecule has 0 aliphatic heterocycles. The Balaban J connectivity index is 1.71. The van der Waals surface area contributed by atoms with Crippen LogP contribution in [0.5, 0.6) is 0 Å². The van der Waals surface area contributed by atoms with Crippen molar-refractivity contribution in [2.45, 2.75) is 38.3 Å². The molecule has 1 aromatic heterocycles. The molecule has 122 valence electrons. The smallest absolute Gasteiger partial charge is 0.247 e. The molecule has 1 heterocycles. The summed E-state index contributed by atoms with van der Waals surface area (Å²) in [4.78, 5) is 13.8. The minimum atomic E-state index is -0.593. The normalized spacial score (nSPS) is 18.2. The second-order valence-corrected chi connectivity index (χ2v) is 6.31. The lowest BCUT2D eigenvalue weighted by atomic mass is 9.96. The van der Waals surface area contributed by atoms with Crippen LogP contribution in [0.1, 0.15) is 32.7 Å². The number of aromatic nitrogens is 4. The summed E-state index contributed by atoms with van der Waals surface area (Å²) < 4.78 is 0. The van der Waals surface area contributed by atoms with E-state index in [1.807, 2.05) is 37.3 Å². The van der Waals surface area contributed by atoms with E-state index in [4.69, 9.17) is 0 Å². The average Bonchev–Trinajstić information content (AvgIpc) is 3.33. The molecule has 7 heteroatoms. The molecule has 2 N–H and O–H groups in total. The van der Waals surface area contributed by atoms with Gasteiger partial charge in [-0.2, -0.15) is 4.80 Å². The molecular weight excluding hydrogens is 294 g/mol. The SMILES string of the molecule is CC(C(=O)NC(C)(CO)C1CC1)n1nnc(-c2ccccc2)n1. The summed E-state index contributed by atoms with van der Waals surface area (Å²) in [7, 11) is 0. The van der Waals surface area contributed by atoms with Gasteiger partial charge in [-0.05, 0) is 37.8 Å². The van der Waals surface area contributed by atoms with Gasteiger partial charge >= 0.3 is 0 Å². The van der Waals surface area contributed by atoms with Crippen molar-refractivity contribution in [2.24, 2.45) is 5.92 Å². The number of aliphatic hydroxyl groups is 1. The Morgan fingerprint density at radius 1 is 1.43 bits per heavy atom. The maximum Gasteiger partial charge on any atom is 0.247 e. The van der Waals surface area contributed by atoms with Crippen LogP contribution in [-0.4, -0.2) is 43.4 Å². The van der Waals surface area contributed by atoms with Crippen molar-refractivity contribution in [1.82, 2.24) is 25.5 Å². The Hall–Kier alpha value is -2.28. The fourth-order valence-corrected chi connectivity index (χ4v) is 2.57. The standard InChI is InChI=1S/C16H21N5O2/c1-11(15(23)17-16(2,10-22)13-8-9-13)21-19-14(18-20-21)12-6-4-3-5-7-12/h3-7,11,13,22H,8-10H2,1-2H3,(H,17,23). The van der Waals surface area contributed by atoms with Crippen molar-refractivity contribution in [1.29, 1.82) is 0 Å². The zero-order chi connectivity index (χ0) is 16.4. The molecule has 1 fully saturated rings. The molecule has 1 aliphatic rings. The Kier molecular flexibility index (Phi) is 4.12. The van der Waals surface area contributed by atoms with E-state index in [-0.39, 0.29) is 12.5 Å². The lowest BCUT2D eigenvalue weighted by molar-refractivity contribution is -0.127. The van der Waals surface area contributed by atoms with Gasteiger partial charge in [-0.25, -0.2) is 0 Å². The fraction of sp³-hybridized carbons (Fsp3) is 0.500. The van der Waals surface area contributed by atoms with Crippen LogP contribution in [0.4, 0.5) is 0 Å². The summed E-state index contributed by atoms with van der Waals surface area (Å²) in [6, 6.07) is 8.90. The van der Waals surface area contributed by atoms with E-state index in [0.717, 1.165) is 18.4 Å². The Labute approximate surface area is 134 Å². The van der Waals surface area contributed by atoms with Crippen molar-refractivity contribution < 1.29 is 9.90 Å². The van der Waals surface area contributed by atoms with Crippen LogP contribution in [0.15, 0.2) is 30.3 Å². The van der Waals surface area contributed by atoms with Crippen molar-refractivity contribution in [2.75, 3.05) is 6.61 Å². The summed E-state index contributed by atoms with van der Waals surface area (Å²) >= 11 is 0. The van der Waals surface area contributed by atoms with Gasteiger partial charge in [0, 0.05) is 5.56 Å². The predicted octanol–water partition coefficient (Wildman–Crippen LogP) is 1.18. The first-order valence-corrected chi connectivity index (χ1v) is 7.81. The zero-order valence-corrected chi connectivity index (χ0v) is 13.3. The fourth-order valence-electron chi connectivity index (χ4n) is 2.57. The predicted molar refractivity (Wildman–Crippen MR) is 84.3 cm³/mol. The highest BCUT2D eigenvalue weighted by atomic mass is 16.3. The van der Waals surface area contributed by atoms with Gasteiger partial charge in [0.25, 0.3) is 0 Å². The van der Waals surface area contributed by atoms with Crippen LogP contribution < -0.4 is 5.32 Å². The highest BCUT2D eigenvalue weighted by Crippen LogP contribution is 2.39. The molecule has 0 radical (unpaired) electrons. The monoisotopic (exact) mass is 315 g/mol. The number of benzene rings is 1. The maximum absolute atomic E-state index is 12.4. The van der Waals surface area contributed by atoms with Crippen LogP contribution in [0.3, 0.4) is 0 Å². The molecule has 0 saturated heterocycles. The number of tetrazole rings is 1. The van der Waals surface area contributed by atoms with Crippen molar-refractivity contribution in [3.63, 3.8) is 0 Å². The molecule has 1 aromatic carbocycles. The highest BCUT2D eigenvalue weighted by molar-refractivity contribution is 5.80. The number of carbonyl (C=O) groups is 1. The van der Waals surface area contributed by atoms with E-state index in [1.54, 1.807) is 6.92 Å². The number of hydrogen-bond acceptors (Lipinski definition) is 5. The summed E-state index contributed by atoms with van der Waals surface area (Å²) in [6.07, 6.45) is 2.07. The van der Waals surface area contributed by atoms with Crippen molar-refractivity contribution >= 4 is 5.91 Å². The lowest BCUT2D eigenvalue weighted by Crippen LogP contribution is -2.52. The first kappa shape index (κ1) is 15.6. The van der Waals surface area contributed by atoms with Gasteiger partial charge in [-0.15, -0.1) is 10.2 Å². The molecule has 7 nitrogen and oxygen atoms in total. The van der Waals surface area contributed by atoms with Crippen LogP contribution >= 0.6 is 0 Å². The molecule has 2 unspecified atom stereocenters. The topological polar surface area (TPSA) is 92.9 Å². The summed E-state index contributed by atoms with van der Waals surface area (Å²) in [6.45, 7) is 3.52. The Morgan fingerprint density at radius 2 is 2.13 bits per heavy atom. The number of nitrogens with zero attached hydrogens (tertiary/aromatic N) is 4. The Bertz CT molecular complexity index is 683. The van der Waals surface area contributed by atoms with Gasteiger partial charge in [0.05, 0.1) is 12.1 Å². The van der Waals surface area contributed by atoms with E-state index in [0.29, 0.717) is 11.7 Å². The molecule has 1 amide bonds. The summed E-state index contributed by atoms with van der Waals surface area (Å²) in [5.74, 6) is 0.607. The molecule has 0 spiro atoms. The van der Waals surface area contributed by atoms with Crippen LogP contribution in [0, 0.1) is 5.92 Å². The van der Waals surface area contributed by atoms with E-state index in [9.17, 15) is 9.90 Å². The molecule has 23 heavy (non-hydrogen) atoms. The molecule has 2 aromatic rings. The van der Waals surface area contributed by atoms with Crippen LogP contribution in [0.25, 0.3) is 11.4 Å². The third-order valence-electron chi connectivity index (χ3n) is 4.40. The molecule has 1 aliphatic carbocycles. The largest absolute Gasteiger partial charge is 0.394 e. The second kappa shape index (κ2) is 6.08. The van der Waals surface area contributed by atoms with E-state index in [1.165, 1.54) is 4.80 Å². The number of hydrogen-bond donors (Lipinski definition) is 2. The number of aliphatic hydroxyl groups excluding tert-OH is 1. The lowest BCUT2D eigenvalue weighted by Gasteiger charge is -2.29. The van der Waals surface area contributed by atoms with E-state index < -0.39 is 11.6 Å². The molecular formula is C16H21N5O2. The Morgan fingerprint density at radius 3 is 2.74 bits per heavy atom. The van der Waals surface area contributed by atoms with Crippen molar-refractivity contribution in [3.05, 3.63) is 30.3 Å². The van der Waals surface area contributed by atoms with Gasteiger partial charge in [0.15, 0.2) is 0 Å². The van der Waals surface area contributed by atoms with Crippen LogP contribution in [-0.2, 0) is 4.79 Å². The number of rotatable bonds is 6. The molecule has 2 atom stereocenters. The van der Waals surface area contributed by atoms with E-state index in [2.05, 4.69) is 20.7 Å². The quantitative estimate of drug-likeness (QED) is 0.835. The maximum atomic E-state index is 12.4. The van der Waals surface area contributed by atoms with Gasteiger partial charge in [-0.1, -0.05) is 30.3 Å². The highest BCUT2D eigenvalue weighted by Gasteiger charge is 2.43. The van der Waals surface area contributed by atoms with Gasteiger partial charge in [-0.3, -0.25) is 4.79 Å². The molecule has 0 bridgehead atoms. The third kappa shape index (κ3) is 3.24. The summed E-state index contributed by atoms with van der Waals surface area (Å²) in [5.41, 5.74) is 0.276. The van der Waals surface area contributed by atoms with Gasteiger partial charge < -0.3 is 10.4 Å². The van der Waals surface area contributed by atoms with Gasteiger partial charge in [0.2, 0.25) is 11.7 Å². The minimum Gasteiger partial charge on any atom is -0.394 e. The van der Waals surface area contributed by atoms with Crippen LogP contribution in [0.2, 0.25) is 0 Å². The molecule has 3 rings (SSSR count). The minimum absolute atomic E-state index is 0.0732. The first-order valence-electron chi connectivity index (χ1n) is 7.81. The second-order valence-electron chi connectivity index (χ2n) is 6.31. The summed E-state index contributed by atoms with van der Waals surface area (Å²) in [5, 5.41) is 24.8. The first-order chi connectivity index (χ1) is 11.0. The third-order valence-corrected chi connectivity index (χ3v) is 4.40. The van der Waals surface area contributed by atoms with Crippen molar-refractivity contribution in [3.8, 4) is 11.4 Å². The average molecular weight is 315 g/mol. The number of carbonyl (C=O) groups excluding carboxylic acids is 1.